The van der Waals surface area contributed by atoms with Gasteiger partial charge >= 0.3 is 6.18 Å². The molecule has 1 aliphatic rings. The first-order chi connectivity index (χ1) is 11.8. The Bertz CT molecular complexity index is 821. The minimum Gasteiger partial charge on any atom is -0.370 e. The van der Waals surface area contributed by atoms with Crippen LogP contribution in [-0.2, 0) is 18.0 Å². The highest BCUT2D eigenvalue weighted by molar-refractivity contribution is 9.10. The third-order valence-corrected chi connectivity index (χ3v) is 4.82. The molecule has 0 radical (unpaired) electrons. The Morgan fingerprint density at radius 1 is 1.28 bits per heavy atom. The Labute approximate surface area is 150 Å². The Hall–Kier alpha value is -1.87. The van der Waals surface area contributed by atoms with Gasteiger partial charge < -0.3 is 9.64 Å². The Morgan fingerprint density at radius 2 is 1.96 bits per heavy atom. The van der Waals surface area contributed by atoms with Gasteiger partial charge in [-0.15, -0.1) is 0 Å². The van der Waals surface area contributed by atoms with E-state index >= 15 is 0 Å². The summed E-state index contributed by atoms with van der Waals surface area (Å²) < 4.78 is 45.3. The molecule has 1 fully saturated rings. The fourth-order valence-corrected chi connectivity index (χ4v) is 3.29. The molecule has 5 nitrogen and oxygen atoms in total. The second kappa shape index (κ2) is 6.80. The molecule has 134 valence electrons. The molecule has 0 saturated carbocycles. The lowest BCUT2D eigenvalue weighted by Gasteiger charge is -2.35. The lowest BCUT2D eigenvalue weighted by atomic mass is 10.0. The third kappa shape index (κ3) is 3.72. The van der Waals surface area contributed by atoms with E-state index in [2.05, 4.69) is 21.0 Å². The Kier molecular flexibility index (Phi) is 4.88. The van der Waals surface area contributed by atoms with Gasteiger partial charge in [0.1, 0.15) is 10.6 Å². The number of aryl methyl sites for hydroxylation is 1. The predicted molar refractivity (Wildman–Crippen MR) is 89.5 cm³/mol. The molecule has 1 aliphatic heterocycles. The average molecular weight is 418 g/mol. The zero-order valence-electron chi connectivity index (χ0n) is 13.3. The van der Waals surface area contributed by atoms with Gasteiger partial charge in [0, 0.05) is 20.1 Å². The van der Waals surface area contributed by atoms with Crippen LogP contribution in [0.15, 0.2) is 39.7 Å². The second-order valence-corrected chi connectivity index (χ2v) is 6.49. The predicted octanol–water partition coefficient (Wildman–Crippen LogP) is 3.14. The zero-order valence-corrected chi connectivity index (χ0v) is 14.8. The molecule has 2 heterocycles. The number of hydrogen-bond donors (Lipinski definition) is 0. The van der Waals surface area contributed by atoms with Crippen molar-refractivity contribution >= 4 is 21.6 Å². The van der Waals surface area contributed by atoms with Crippen LogP contribution >= 0.6 is 15.9 Å². The van der Waals surface area contributed by atoms with Crippen molar-refractivity contribution in [2.24, 2.45) is 7.05 Å². The van der Waals surface area contributed by atoms with E-state index in [9.17, 15) is 18.0 Å². The summed E-state index contributed by atoms with van der Waals surface area (Å²) in [6, 6.07) is 4.95. The van der Waals surface area contributed by atoms with E-state index in [0.717, 1.165) is 12.1 Å². The largest absolute Gasteiger partial charge is 0.416 e. The molecule has 0 amide bonds. The molecule has 9 heteroatoms. The van der Waals surface area contributed by atoms with Crippen LogP contribution in [-0.4, -0.2) is 29.5 Å². The molecule has 0 spiro atoms. The van der Waals surface area contributed by atoms with Crippen molar-refractivity contribution in [3.63, 3.8) is 0 Å². The Morgan fingerprint density at radius 3 is 2.60 bits per heavy atom. The van der Waals surface area contributed by atoms with Gasteiger partial charge in [-0.05, 0) is 33.6 Å². The van der Waals surface area contributed by atoms with Crippen LogP contribution in [0.2, 0.25) is 0 Å². The molecule has 0 aliphatic carbocycles. The van der Waals surface area contributed by atoms with Crippen molar-refractivity contribution in [1.82, 2.24) is 9.78 Å². The maximum Gasteiger partial charge on any atom is 0.416 e. The van der Waals surface area contributed by atoms with E-state index in [0.29, 0.717) is 35.4 Å². The highest BCUT2D eigenvalue weighted by Gasteiger charge is 2.31. The number of aromatic nitrogens is 2. The van der Waals surface area contributed by atoms with E-state index in [-0.39, 0.29) is 11.7 Å². The number of alkyl halides is 3. The van der Waals surface area contributed by atoms with Crippen molar-refractivity contribution in [2.45, 2.75) is 12.3 Å². The highest BCUT2D eigenvalue weighted by Crippen LogP contribution is 2.32. The lowest BCUT2D eigenvalue weighted by Crippen LogP contribution is -2.39. The van der Waals surface area contributed by atoms with Crippen molar-refractivity contribution < 1.29 is 17.9 Å². The summed E-state index contributed by atoms with van der Waals surface area (Å²) in [6.07, 6.45) is -3.16. The second-order valence-electron chi connectivity index (χ2n) is 5.70. The minimum atomic E-state index is -4.36. The van der Waals surface area contributed by atoms with Gasteiger partial charge in [-0.1, -0.05) is 12.1 Å². The summed E-state index contributed by atoms with van der Waals surface area (Å²) >= 11 is 3.29. The molecule has 1 unspecified atom stereocenters. The van der Waals surface area contributed by atoms with Gasteiger partial charge in [0.05, 0.1) is 24.1 Å². The number of morpholine rings is 1. The van der Waals surface area contributed by atoms with Gasteiger partial charge in [0.25, 0.3) is 5.56 Å². The molecule has 1 atom stereocenters. The van der Waals surface area contributed by atoms with E-state index in [1.807, 2.05) is 4.90 Å². The number of halogens is 4. The first-order valence-electron chi connectivity index (χ1n) is 7.53. The first kappa shape index (κ1) is 17.9. The number of ether oxygens (including phenoxy) is 1. The summed E-state index contributed by atoms with van der Waals surface area (Å²) in [5.41, 5.74) is 0.353. The van der Waals surface area contributed by atoms with Crippen LogP contribution in [0.4, 0.5) is 18.9 Å². The molecule has 0 N–H and O–H groups in total. The molecule has 1 saturated heterocycles. The lowest BCUT2D eigenvalue weighted by molar-refractivity contribution is -0.137. The van der Waals surface area contributed by atoms with Crippen molar-refractivity contribution in [3.8, 4) is 0 Å². The molecular formula is C16H15BrF3N3O2. The first-order valence-corrected chi connectivity index (χ1v) is 8.32. The standard InChI is InChI=1S/C16H15BrF3N3O2/c1-22-15(24)14(17)12(8-21-22)23-6-7-25-13(9-23)10-2-4-11(5-3-10)16(18,19)20/h2-5,8,13H,6-7,9H2,1H3. The van der Waals surface area contributed by atoms with E-state index < -0.39 is 11.7 Å². The van der Waals surface area contributed by atoms with E-state index in [4.69, 9.17) is 4.74 Å². The maximum atomic E-state index is 12.7. The summed E-state index contributed by atoms with van der Waals surface area (Å²) in [5.74, 6) is 0. The highest BCUT2D eigenvalue weighted by atomic mass is 79.9. The minimum absolute atomic E-state index is 0.255. The number of anilines is 1. The SMILES string of the molecule is Cn1ncc(N2CCOC(c3ccc(C(F)(F)F)cc3)C2)c(Br)c1=O. The smallest absolute Gasteiger partial charge is 0.370 e. The van der Waals surface area contributed by atoms with Crippen molar-refractivity contribution in [2.75, 3.05) is 24.6 Å². The van der Waals surface area contributed by atoms with Gasteiger partial charge in [-0.3, -0.25) is 4.79 Å². The summed E-state index contributed by atoms with van der Waals surface area (Å²) in [5, 5.41) is 4.02. The third-order valence-electron chi connectivity index (χ3n) is 4.08. The van der Waals surface area contributed by atoms with Crippen molar-refractivity contribution in [3.05, 3.63) is 56.4 Å². The number of nitrogens with zero attached hydrogens (tertiary/aromatic N) is 3. The molecule has 2 aromatic rings. The van der Waals surface area contributed by atoms with Crippen LogP contribution in [0.25, 0.3) is 0 Å². The molecule has 1 aromatic carbocycles. The number of benzene rings is 1. The van der Waals surface area contributed by atoms with Gasteiger partial charge in [0.15, 0.2) is 0 Å². The van der Waals surface area contributed by atoms with Crippen LogP contribution in [0, 0.1) is 0 Å². The zero-order chi connectivity index (χ0) is 18.2. The Balaban J connectivity index is 1.82. The quantitative estimate of drug-likeness (QED) is 0.752. The molecule has 25 heavy (non-hydrogen) atoms. The van der Waals surface area contributed by atoms with Gasteiger partial charge in [-0.25, -0.2) is 4.68 Å². The molecular weight excluding hydrogens is 403 g/mol. The van der Waals surface area contributed by atoms with Crippen LogP contribution in [0.1, 0.15) is 17.2 Å². The fraction of sp³-hybridized carbons (Fsp3) is 0.375. The van der Waals surface area contributed by atoms with E-state index in [1.165, 1.54) is 16.8 Å². The average Bonchev–Trinajstić information content (AvgIpc) is 2.59. The van der Waals surface area contributed by atoms with Gasteiger partial charge in [0.2, 0.25) is 0 Å². The van der Waals surface area contributed by atoms with Crippen LogP contribution in [0.5, 0.6) is 0 Å². The van der Waals surface area contributed by atoms with Crippen LogP contribution < -0.4 is 10.5 Å². The molecule has 3 rings (SSSR count). The number of hydrogen-bond acceptors (Lipinski definition) is 4. The fourth-order valence-electron chi connectivity index (χ4n) is 2.68. The number of rotatable bonds is 2. The monoisotopic (exact) mass is 417 g/mol. The van der Waals surface area contributed by atoms with E-state index in [1.54, 1.807) is 13.2 Å². The summed E-state index contributed by atoms with van der Waals surface area (Å²) in [6.45, 7) is 1.37. The topological polar surface area (TPSA) is 47.4 Å². The van der Waals surface area contributed by atoms with Gasteiger partial charge in [-0.2, -0.15) is 18.3 Å². The maximum absolute atomic E-state index is 12.7. The summed E-state index contributed by atoms with van der Waals surface area (Å²) in [7, 11) is 1.56. The summed E-state index contributed by atoms with van der Waals surface area (Å²) in [4.78, 5) is 13.9. The normalized spacial score (nSPS) is 18.4. The molecule has 1 aromatic heterocycles. The molecule has 0 bridgehead atoms. The van der Waals surface area contributed by atoms with Crippen molar-refractivity contribution in [1.29, 1.82) is 0 Å². The van der Waals surface area contributed by atoms with Crippen LogP contribution in [0.3, 0.4) is 0 Å².